The van der Waals surface area contributed by atoms with E-state index in [2.05, 4.69) is 36.6 Å². The van der Waals surface area contributed by atoms with Gasteiger partial charge < -0.3 is 15.4 Å². The lowest BCUT2D eigenvalue weighted by Crippen LogP contribution is -2.41. The lowest BCUT2D eigenvalue weighted by molar-refractivity contribution is -0.123. The molecule has 2 aromatic rings. The number of anilines is 1. The van der Waals surface area contributed by atoms with Crippen molar-refractivity contribution in [2.75, 3.05) is 32.1 Å². The zero-order valence-corrected chi connectivity index (χ0v) is 17.9. The van der Waals surface area contributed by atoms with Crippen LogP contribution in [0.15, 0.2) is 42.5 Å². The summed E-state index contributed by atoms with van der Waals surface area (Å²) in [6.45, 7) is 8.89. The number of carbonyl (C=O) groups is 2. The first kappa shape index (κ1) is 22.4. The summed E-state index contributed by atoms with van der Waals surface area (Å²) in [5.41, 5.74) is 4.11. The number of benzene rings is 2. The van der Waals surface area contributed by atoms with Crippen LogP contribution >= 0.6 is 0 Å². The minimum atomic E-state index is -0.189. The van der Waals surface area contributed by atoms with E-state index in [1.54, 1.807) is 24.1 Å². The highest BCUT2D eigenvalue weighted by Crippen LogP contribution is 2.22. The van der Waals surface area contributed by atoms with Gasteiger partial charge in [0.05, 0.1) is 31.9 Å². The van der Waals surface area contributed by atoms with E-state index in [9.17, 15) is 9.59 Å². The summed E-state index contributed by atoms with van der Waals surface area (Å²) >= 11 is 0. The molecule has 0 bridgehead atoms. The molecule has 2 N–H and O–H groups in total. The smallest absolute Gasteiger partial charge is 0.238 e. The highest BCUT2D eigenvalue weighted by atomic mass is 16.5. The number of likely N-dealkylation sites (N-methyl/N-ethyl adjacent to an activating group) is 1. The predicted octanol–water partition coefficient (Wildman–Crippen LogP) is 3.45. The van der Waals surface area contributed by atoms with Gasteiger partial charge in [0.25, 0.3) is 0 Å². The lowest BCUT2D eigenvalue weighted by Gasteiger charge is -2.22. The highest BCUT2D eigenvalue weighted by Gasteiger charge is 2.16. The minimum absolute atomic E-state index is 0.0945. The normalized spacial score (nSPS) is 11.8. The second kappa shape index (κ2) is 10.6. The second-order valence-corrected chi connectivity index (χ2v) is 7.18. The molecule has 1 atom stereocenters. The topological polar surface area (TPSA) is 70.7 Å². The number of methoxy groups -OCH3 is 1. The molecule has 6 heteroatoms. The molecular weight excluding hydrogens is 366 g/mol. The number of hydrogen-bond acceptors (Lipinski definition) is 4. The van der Waals surface area contributed by atoms with Crippen LogP contribution in [0.1, 0.15) is 36.6 Å². The Balaban J connectivity index is 1.90. The third kappa shape index (κ3) is 6.61. The number of nitrogens with zero attached hydrogens (tertiary/aromatic N) is 1. The van der Waals surface area contributed by atoms with Gasteiger partial charge in [-0.25, -0.2) is 0 Å². The third-order valence-electron chi connectivity index (χ3n) is 4.97. The average Bonchev–Trinajstić information content (AvgIpc) is 2.69. The fraction of sp³-hybridized carbons (Fsp3) is 0.391. The van der Waals surface area contributed by atoms with Crippen LogP contribution in [0.5, 0.6) is 5.75 Å². The zero-order chi connectivity index (χ0) is 21.4. The number of amides is 2. The number of carbonyl (C=O) groups excluding carboxylic acids is 2. The van der Waals surface area contributed by atoms with Crippen LogP contribution in [-0.2, 0) is 9.59 Å². The summed E-state index contributed by atoms with van der Waals surface area (Å²) in [5, 5.41) is 5.86. The van der Waals surface area contributed by atoms with Crippen LogP contribution in [0.3, 0.4) is 0 Å². The SMILES string of the molecule is CCN(CC(=O)Nc1ccccc1OC)CC(=O)N[C@@H](C)c1ccc(C)c(C)c1. The molecule has 156 valence electrons. The Hall–Kier alpha value is -2.86. The van der Waals surface area contributed by atoms with Gasteiger partial charge in [0, 0.05) is 0 Å². The number of hydrogen-bond donors (Lipinski definition) is 2. The molecule has 2 rings (SSSR count). The van der Waals surface area contributed by atoms with Crippen molar-refractivity contribution in [1.29, 1.82) is 0 Å². The molecule has 0 unspecified atom stereocenters. The van der Waals surface area contributed by atoms with Gasteiger partial charge in [0.2, 0.25) is 11.8 Å². The fourth-order valence-electron chi connectivity index (χ4n) is 3.03. The monoisotopic (exact) mass is 397 g/mol. The zero-order valence-electron chi connectivity index (χ0n) is 17.9. The van der Waals surface area contributed by atoms with E-state index in [-0.39, 0.29) is 30.9 Å². The van der Waals surface area contributed by atoms with Gasteiger partial charge in [-0.1, -0.05) is 37.3 Å². The molecule has 0 aliphatic rings. The summed E-state index contributed by atoms with van der Waals surface area (Å²) < 4.78 is 5.25. The molecule has 0 radical (unpaired) electrons. The maximum atomic E-state index is 12.5. The van der Waals surface area contributed by atoms with Crippen molar-refractivity contribution in [1.82, 2.24) is 10.2 Å². The first-order valence-electron chi connectivity index (χ1n) is 9.85. The van der Waals surface area contributed by atoms with Crippen LogP contribution in [0.2, 0.25) is 0 Å². The van der Waals surface area contributed by atoms with E-state index < -0.39 is 0 Å². The number of para-hydroxylation sites is 2. The first-order valence-corrected chi connectivity index (χ1v) is 9.85. The summed E-state index contributed by atoms with van der Waals surface area (Å²) in [6, 6.07) is 13.3. The molecule has 2 aromatic carbocycles. The van der Waals surface area contributed by atoms with Gasteiger partial charge in [0.1, 0.15) is 5.75 Å². The Morgan fingerprint density at radius 3 is 2.38 bits per heavy atom. The molecule has 0 aliphatic carbocycles. The summed E-state index contributed by atoms with van der Waals surface area (Å²) in [6.07, 6.45) is 0. The van der Waals surface area contributed by atoms with E-state index in [0.717, 1.165) is 5.56 Å². The molecule has 0 aromatic heterocycles. The van der Waals surface area contributed by atoms with Crippen molar-refractivity contribution in [3.63, 3.8) is 0 Å². The van der Waals surface area contributed by atoms with Gasteiger partial charge in [-0.2, -0.15) is 0 Å². The van der Waals surface area contributed by atoms with Crippen molar-refractivity contribution in [2.45, 2.75) is 33.7 Å². The Morgan fingerprint density at radius 2 is 1.72 bits per heavy atom. The minimum Gasteiger partial charge on any atom is -0.495 e. The van der Waals surface area contributed by atoms with E-state index in [4.69, 9.17) is 4.74 Å². The van der Waals surface area contributed by atoms with Gasteiger partial charge >= 0.3 is 0 Å². The largest absolute Gasteiger partial charge is 0.495 e. The summed E-state index contributed by atoms with van der Waals surface area (Å²) in [4.78, 5) is 26.7. The van der Waals surface area contributed by atoms with Crippen LogP contribution in [0, 0.1) is 13.8 Å². The number of ether oxygens (including phenoxy) is 1. The maximum Gasteiger partial charge on any atom is 0.238 e. The van der Waals surface area contributed by atoms with Crippen molar-refractivity contribution in [3.8, 4) is 5.75 Å². The summed E-state index contributed by atoms with van der Waals surface area (Å²) in [7, 11) is 1.56. The number of aryl methyl sites for hydroxylation is 2. The van der Waals surface area contributed by atoms with Gasteiger partial charge in [-0.3, -0.25) is 14.5 Å². The Labute approximate surface area is 173 Å². The standard InChI is InChI=1S/C23H31N3O3/c1-6-26(15-23(28)25-20-9-7-8-10-21(20)29-5)14-22(27)24-18(4)19-12-11-16(2)17(3)13-19/h7-13,18H,6,14-15H2,1-5H3,(H,24,27)(H,25,28)/t18-/m0/s1. The Kier molecular flexibility index (Phi) is 8.21. The van der Waals surface area contributed by atoms with Gasteiger partial charge in [0.15, 0.2) is 0 Å². The van der Waals surface area contributed by atoms with Crippen molar-refractivity contribution < 1.29 is 14.3 Å². The molecule has 0 aliphatic heterocycles. The van der Waals surface area contributed by atoms with Crippen LogP contribution < -0.4 is 15.4 Å². The van der Waals surface area contributed by atoms with E-state index in [0.29, 0.717) is 18.0 Å². The molecule has 0 fully saturated rings. The van der Waals surface area contributed by atoms with Crippen molar-refractivity contribution in [2.24, 2.45) is 0 Å². The number of rotatable bonds is 9. The quantitative estimate of drug-likeness (QED) is 0.680. The molecule has 0 saturated carbocycles. The van der Waals surface area contributed by atoms with Crippen LogP contribution in [0.25, 0.3) is 0 Å². The third-order valence-corrected chi connectivity index (χ3v) is 4.97. The second-order valence-electron chi connectivity index (χ2n) is 7.18. The fourth-order valence-corrected chi connectivity index (χ4v) is 3.03. The molecular formula is C23H31N3O3. The number of nitrogens with one attached hydrogen (secondary N) is 2. The van der Waals surface area contributed by atoms with Crippen molar-refractivity contribution >= 4 is 17.5 Å². The maximum absolute atomic E-state index is 12.5. The molecule has 0 saturated heterocycles. The predicted molar refractivity (Wildman–Crippen MR) is 116 cm³/mol. The van der Waals surface area contributed by atoms with Gasteiger partial charge in [-0.05, 0) is 56.1 Å². The first-order chi connectivity index (χ1) is 13.8. The van der Waals surface area contributed by atoms with E-state index >= 15 is 0 Å². The van der Waals surface area contributed by atoms with Crippen LogP contribution in [-0.4, -0.2) is 43.5 Å². The van der Waals surface area contributed by atoms with E-state index in [1.165, 1.54) is 11.1 Å². The van der Waals surface area contributed by atoms with Gasteiger partial charge in [-0.15, -0.1) is 0 Å². The van der Waals surface area contributed by atoms with E-state index in [1.807, 2.05) is 32.0 Å². The molecule has 6 nitrogen and oxygen atoms in total. The highest BCUT2D eigenvalue weighted by molar-refractivity contribution is 5.94. The molecule has 2 amide bonds. The molecule has 29 heavy (non-hydrogen) atoms. The summed E-state index contributed by atoms with van der Waals surface area (Å²) in [5.74, 6) is 0.304. The van der Waals surface area contributed by atoms with Crippen LogP contribution in [0.4, 0.5) is 5.69 Å². The Bertz CT molecular complexity index is 851. The molecule has 0 spiro atoms. The lowest BCUT2D eigenvalue weighted by atomic mass is 10.0. The van der Waals surface area contributed by atoms with Crippen molar-refractivity contribution in [3.05, 3.63) is 59.2 Å². The molecule has 0 heterocycles. The average molecular weight is 398 g/mol. The Morgan fingerprint density at radius 1 is 1.03 bits per heavy atom.